The number of carbonyl (C=O) groups excluding carboxylic acids is 2. The average Bonchev–Trinajstić information content (AvgIpc) is 2.79. The maximum atomic E-state index is 12.1. The molecule has 0 aromatic heterocycles. The minimum absolute atomic E-state index is 0.355. The molecule has 166 valence electrons. The minimum Gasteiger partial charge on any atom is -0.495 e. The first kappa shape index (κ1) is 22.7. The zero-order chi connectivity index (χ0) is 22.2. The lowest BCUT2D eigenvalue weighted by molar-refractivity contribution is -0.136. The van der Waals surface area contributed by atoms with Crippen LogP contribution in [0.3, 0.4) is 0 Å². The normalized spacial score (nSPS) is 14.1. The number of carbonyl (C=O) groups is 2. The standard InChI is InChI=1S/C22H27ClN4O4/c1-30-19-8-7-16(15-17(19)23)25-22(29)21(28)24-9-10-26-11-13-27(14-12-26)18-5-3-4-6-20(18)31-2/h3-8,15H,9-14H2,1-2H3,(H,24,28)(H,25,29). The number of ether oxygens (including phenoxy) is 2. The lowest BCUT2D eigenvalue weighted by Crippen LogP contribution is -2.49. The fourth-order valence-corrected chi connectivity index (χ4v) is 3.70. The Bertz CT molecular complexity index is 916. The molecule has 2 aromatic carbocycles. The van der Waals surface area contributed by atoms with Gasteiger partial charge in [0, 0.05) is 45.0 Å². The summed E-state index contributed by atoms with van der Waals surface area (Å²) in [7, 11) is 3.18. The average molecular weight is 447 g/mol. The van der Waals surface area contributed by atoms with Gasteiger partial charge in [0.2, 0.25) is 0 Å². The zero-order valence-electron chi connectivity index (χ0n) is 17.7. The molecule has 2 N–H and O–H groups in total. The van der Waals surface area contributed by atoms with Crippen molar-refractivity contribution in [2.24, 2.45) is 0 Å². The van der Waals surface area contributed by atoms with Crippen molar-refractivity contribution in [3.63, 3.8) is 0 Å². The van der Waals surface area contributed by atoms with Crippen LogP contribution in [0.25, 0.3) is 0 Å². The van der Waals surface area contributed by atoms with Gasteiger partial charge in [-0.15, -0.1) is 0 Å². The van der Waals surface area contributed by atoms with E-state index < -0.39 is 11.8 Å². The summed E-state index contributed by atoms with van der Waals surface area (Å²) in [6, 6.07) is 12.8. The van der Waals surface area contributed by atoms with Crippen LogP contribution in [0.15, 0.2) is 42.5 Å². The molecule has 2 aromatic rings. The van der Waals surface area contributed by atoms with Crippen LogP contribution in [0.2, 0.25) is 5.02 Å². The van der Waals surface area contributed by atoms with E-state index in [4.69, 9.17) is 21.1 Å². The molecule has 1 aliphatic heterocycles. The Kier molecular flexibility index (Phi) is 7.97. The molecule has 1 fully saturated rings. The van der Waals surface area contributed by atoms with Crippen molar-refractivity contribution in [2.75, 3.05) is 63.7 Å². The number of halogens is 1. The third-order valence-electron chi connectivity index (χ3n) is 5.13. The maximum absolute atomic E-state index is 12.1. The van der Waals surface area contributed by atoms with Gasteiger partial charge in [-0.3, -0.25) is 14.5 Å². The summed E-state index contributed by atoms with van der Waals surface area (Å²) in [6.07, 6.45) is 0. The van der Waals surface area contributed by atoms with E-state index in [1.54, 1.807) is 19.2 Å². The number of rotatable bonds is 7. The molecule has 2 amide bonds. The zero-order valence-corrected chi connectivity index (χ0v) is 18.4. The van der Waals surface area contributed by atoms with Crippen LogP contribution in [0.4, 0.5) is 11.4 Å². The molecule has 9 heteroatoms. The van der Waals surface area contributed by atoms with Gasteiger partial charge in [0.1, 0.15) is 11.5 Å². The van der Waals surface area contributed by atoms with Crippen molar-refractivity contribution in [1.82, 2.24) is 10.2 Å². The highest BCUT2D eigenvalue weighted by molar-refractivity contribution is 6.40. The lowest BCUT2D eigenvalue weighted by atomic mass is 10.2. The first-order valence-corrected chi connectivity index (χ1v) is 10.4. The summed E-state index contributed by atoms with van der Waals surface area (Å²) >= 11 is 6.04. The monoisotopic (exact) mass is 446 g/mol. The van der Waals surface area contributed by atoms with E-state index >= 15 is 0 Å². The fourth-order valence-electron chi connectivity index (χ4n) is 3.44. The van der Waals surface area contributed by atoms with Gasteiger partial charge < -0.3 is 25.0 Å². The van der Waals surface area contributed by atoms with Crippen molar-refractivity contribution in [1.29, 1.82) is 0 Å². The van der Waals surface area contributed by atoms with E-state index in [9.17, 15) is 9.59 Å². The van der Waals surface area contributed by atoms with E-state index in [0.29, 0.717) is 29.5 Å². The van der Waals surface area contributed by atoms with Gasteiger partial charge in [0.15, 0.2) is 0 Å². The van der Waals surface area contributed by atoms with Crippen molar-refractivity contribution in [3.05, 3.63) is 47.5 Å². The van der Waals surface area contributed by atoms with Gasteiger partial charge in [-0.1, -0.05) is 23.7 Å². The molecule has 1 saturated heterocycles. The van der Waals surface area contributed by atoms with Gasteiger partial charge in [-0.2, -0.15) is 0 Å². The van der Waals surface area contributed by atoms with E-state index in [2.05, 4.69) is 26.5 Å². The minimum atomic E-state index is -0.734. The smallest absolute Gasteiger partial charge is 0.313 e. The molecule has 0 aliphatic carbocycles. The number of para-hydroxylation sites is 2. The molecular formula is C22H27ClN4O4. The van der Waals surface area contributed by atoms with Gasteiger partial charge in [0.05, 0.1) is 24.9 Å². The summed E-state index contributed by atoms with van der Waals surface area (Å²) in [5.41, 5.74) is 1.52. The Morgan fingerprint density at radius 2 is 1.68 bits per heavy atom. The maximum Gasteiger partial charge on any atom is 0.313 e. The summed E-state index contributed by atoms with van der Waals surface area (Å²) < 4.78 is 10.5. The highest BCUT2D eigenvalue weighted by atomic mass is 35.5. The third-order valence-corrected chi connectivity index (χ3v) is 5.42. The predicted molar refractivity (Wildman–Crippen MR) is 121 cm³/mol. The molecule has 0 unspecified atom stereocenters. The number of hydrogen-bond donors (Lipinski definition) is 2. The molecule has 0 bridgehead atoms. The number of nitrogens with one attached hydrogen (secondary N) is 2. The van der Waals surface area contributed by atoms with Crippen LogP contribution >= 0.6 is 11.6 Å². The largest absolute Gasteiger partial charge is 0.495 e. The van der Waals surface area contributed by atoms with Crippen LogP contribution in [0.5, 0.6) is 11.5 Å². The first-order valence-electron chi connectivity index (χ1n) is 10.0. The summed E-state index contributed by atoms with van der Waals surface area (Å²) in [5.74, 6) is -0.0517. The summed E-state index contributed by atoms with van der Waals surface area (Å²) in [6.45, 7) is 4.53. The van der Waals surface area contributed by atoms with Crippen molar-refractivity contribution in [2.45, 2.75) is 0 Å². The topological polar surface area (TPSA) is 83.1 Å². The van der Waals surface area contributed by atoms with E-state index in [0.717, 1.165) is 37.6 Å². The van der Waals surface area contributed by atoms with E-state index in [1.807, 2.05) is 18.2 Å². The molecule has 0 atom stereocenters. The molecule has 31 heavy (non-hydrogen) atoms. The summed E-state index contributed by atoms with van der Waals surface area (Å²) in [4.78, 5) is 28.7. The highest BCUT2D eigenvalue weighted by Crippen LogP contribution is 2.28. The van der Waals surface area contributed by atoms with Crippen molar-refractivity contribution >= 4 is 34.8 Å². The second-order valence-corrected chi connectivity index (χ2v) is 7.47. The molecule has 1 aliphatic rings. The molecular weight excluding hydrogens is 420 g/mol. The number of nitrogens with zero attached hydrogens (tertiary/aromatic N) is 2. The second kappa shape index (κ2) is 10.9. The fraction of sp³-hybridized carbons (Fsp3) is 0.364. The number of anilines is 2. The van der Waals surface area contributed by atoms with Crippen molar-refractivity contribution < 1.29 is 19.1 Å². The number of hydrogen-bond acceptors (Lipinski definition) is 6. The van der Waals surface area contributed by atoms with Gasteiger partial charge in [-0.05, 0) is 30.3 Å². The van der Waals surface area contributed by atoms with Crippen LogP contribution in [-0.4, -0.2) is 70.2 Å². The number of piperazine rings is 1. The molecule has 8 nitrogen and oxygen atoms in total. The van der Waals surface area contributed by atoms with Crippen LogP contribution in [-0.2, 0) is 9.59 Å². The van der Waals surface area contributed by atoms with E-state index in [-0.39, 0.29) is 0 Å². The van der Waals surface area contributed by atoms with Crippen LogP contribution in [0.1, 0.15) is 0 Å². The second-order valence-electron chi connectivity index (χ2n) is 7.06. The quantitative estimate of drug-likeness (QED) is 0.635. The van der Waals surface area contributed by atoms with Crippen molar-refractivity contribution in [3.8, 4) is 11.5 Å². The Hall–Kier alpha value is -2.97. The number of amides is 2. The Balaban J connectivity index is 1.40. The molecule has 3 rings (SSSR count). The van der Waals surface area contributed by atoms with Gasteiger partial charge in [-0.25, -0.2) is 0 Å². The van der Waals surface area contributed by atoms with Crippen LogP contribution < -0.4 is 25.0 Å². The third kappa shape index (κ3) is 6.02. The number of methoxy groups -OCH3 is 2. The van der Waals surface area contributed by atoms with Crippen LogP contribution in [0, 0.1) is 0 Å². The molecule has 0 radical (unpaired) electrons. The first-order chi connectivity index (χ1) is 15.0. The molecule has 0 spiro atoms. The van der Waals surface area contributed by atoms with Gasteiger partial charge in [0.25, 0.3) is 0 Å². The molecule has 0 saturated carbocycles. The Morgan fingerprint density at radius 3 is 2.35 bits per heavy atom. The Labute approximate surface area is 187 Å². The van der Waals surface area contributed by atoms with E-state index in [1.165, 1.54) is 13.2 Å². The SMILES string of the molecule is COc1ccc(NC(=O)C(=O)NCCN2CCN(c3ccccc3OC)CC2)cc1Cl. The highest BCUT2D eigenvalue weighted by Gasteiger charge is 2.20. The summed E-state index contributed by atoms with van der Waals surface area (Å²) in [5, 5.41) is 5.55. The predicted octanol–water partition coefficient (Wildman–Crippen LogP) is 2.23. The lowest BCUT2D eigenvalue weighted by Gasteiger charge is -2.36. The number of benzene rings is 2. The molecule has 1 heterocycles. The van der Waals surface area contributed by atoms with Gasteiger partial charge >= 0.3 is 11.8 Å². The Morgan fingerprint density at radius 1 is 0.968 bits per heavy atom.